The Morgan fingerprint density at radius 1 is 1.00 bits per heavy atom. The zero-order valence-electron chi connectivity index (χ0n) is 9.40. The maximum Gasteiger partial charge on any atom is 0.123 e. The van der Waals surface area contributed by atoms with Crippen molar-refractivity contribution in [2.75, 3.05) is 0 Å². The van der Waals surface area contributed by atoms with E-state index in [1.807, 2.05) is 30.3 Å². The largest absolute Gasteiger partial charge is 0.507 e. The Bertz CT molecular complexity index is 501. The standard InChI is InChI=1S/C15H15O/c1-3-12-7-6-9-13(11(12)2)14-8-4-5-10-15(14)16/h4-10,16H,1,3H2,2H3. The maximum atomic E-state index is 9.84. The number of aromatic hydroxyl groups is 1. The normalized spacial score (nSPS) is 10.4. The molecular formula is C15H15O. The summed E-state index contributed by atoms with van der Waals surface area (Å²) in [5.41, 5.74) is 4.38. The van der Waals surface area contributed by atoms with Gasteiger partial charge in [0.2, 0.25) is 0 Å². The lowest BCUT2D eigenvalue weighted by Gasteiger charge is -2.11. The van der Waals surface area contributed by atoms with Gasteiger partial charge in [-0.15, -0.1) is 0 Å². The van der Waals surface area contributed by atoms with Crippen LogP contribution in [0.1, 0.15) is 11.1 Å². The van der Waals surface area contributed by atoms with Gasteiger partial charge in [-0.2, -0.15) is 0 Å². The van der Waals surface area contributed by atoms with Crippen LogP contribution in [0.4, 0.5) is 0 Å². The molecule has 0 aliphatic carbocycles. The molecule has 16 heavy (non-hydrogen) atoms. The van der Waals surface area contributed by atoms with Crippen molar-refractivity contribution < 1.29 is 5.11 Å². The molecule has 0 saturated carbocycles. The SMILES string of the molecule is [CH2]Cc1cccc(-c2ccccc2O)c1C. The van der Waals surface area contributed by atoms with E-state index in [1.165, 1.54) is 11.1 Å². The zero-order chi connectivity index (χ0) is 11.5. The molecule has 0 saturated heterocycles. The van der Waals surface area contributed by atoms with Crippen LogP contribution in [0.15, 0.2) is 42.5 Å². The van der Waals surface area contributed by atoms with Crippen molar-refractivity contribution >= 4 is 0 Å². The van der Waals surface area contributed by atoms with Crippen molar-refractivity contribution in [2.24, 2.45) is 0 Å². The molecule has 1 N–H and O–H groups in total. The van der Waals surface area contributed by atoms with Crippen LogP contribution < -0.4 is 0 Å². The van der Waals surface area contributed by atoms with Crippen LogP contribution in [0.2, 0.25) is 0 Å². The van der Waals surface area contributed by atoms with Gasteiger partial charge in [-0.1, -0.05) is 36.4 Å². The van der Waals surface area contributed by atoms with Gasteiger partial charge in [-0.25, -0.2) is 0 Å². The summed E-state index contributed by atoms with van der Waals surface area (Å²) < 4.78 is 0. The Morgan fingerprint density at radius 3 is 2.38 bits per heavy atom. The number of para-hydroxylation sites is 1. The van der Waals surface area contributed by atoms with Crippen LogP contribution in [0.5, 0.6) is 5.75 Å². The number of benzene rings is 2. The highest BCUT2D eigenvalue weighted by Gasteiger charge is 2.07. The first-order valence-electron chi connectivity index (χ1n) is 5.40. The number of rotatable bonds is 2. The van der Waals surface area contributed by atoms with E-state index in [-0.39, 0.29) is 0 Å². The minimum absolute atomic E-state index is 0.326. The predicted molar refractivity (Wildman–Crippen MR) is 67.3 cm³/mol. The van der Waals surface area contributed by atoms with Gasteiger partial charge in [0.25, 0.3) is 0 Å². The van der Waals surface area contributed by atoms with E-state index in [4.69, 9.17) is 0 Å². The molecule has 2 rings (SSSR count). The first-order valence-corrected chi connectivity index (χ1v) is 5.40. The van der Waals surface area contributed by atoms with Gasteiger partial charge in [0.1, 0.15) is 5.75 Å². The first-order chi connectivity index (χ1) is 7.74. The Morgan fingerprint density at radius 2 is 1.69 bits per heavy atom. The number of hydrogen-bond acceptors (Lipinski definition) is 1. The van der Waals surface area contributed by atoms with Crippen LogP contribution in [0.3, 0.4) is 0 Å². The lowest BCUT2D eigenvalue weighted by atomic mass is 9.95. The molecule has 0 aromatic heterocycles. The van der Waals surface area contributed by atoms with E-state index < -0.39 is 0 Å². The van der Waals surface area contributed by atoms with Crippen LogP contribution in [-0.4, -0.2) is 5.11 Å². The van der Waals surface area contributed by atoms with Gasteiger partial charge in [0.15, 0.2) is 0 Å². The summed E-state index contributed by atoms with van der Waals surface area (Å²) in [6, 6.07) is 13.5. The molecule has 0 atom stereocenters. The maximum absolute atomic E-state index is 9.84. The van der Waals surface area contributed by atoms with E-state index in [2.05, 4.69) is 19.9 Å². The second-order valence-electron chi connectivity index (χ2n) is 3.86. The average Bonchev–Trinajstić information content (AvgIpc) is 2.31. The molecule has 0 amide bonds. The first kappa shape index (κ1) is 10.7. The fraction of sp³-hybridized carbons (Fsp3) is 0.133. The molecule has 1 heteroatoms. The fourth-order valence-corrected chi connectivity index (χ4v) is 1.95. The summed E-state index contributed by atoms with van der Waals surface area (Å²) in [7, 11) is 0. The van der Waals surface area contributed by atoms with Crippen molar-refractivity contribution in [3.05, 3.63) is 60.5 Å². The molecule has 0 unspecified atom stereocenters. The molecule has 0 aliphatic rings. The molecule has 2 aromatic carbocycles. The summed E-state index contributed by atoms with van der Waals surface area (Å²) >= 11 is 0. The van der Waals surface area contributed by atoms with E-state index in [0.717, 1.165) is 17.5 Å². The quantitative estimate of drug-likeness (QED) is 0.802. The predicted octanol–water partition coefficient (Wildman–Crippen LogP) is 3.74. The van der Waals surface area contributed by atoms with Crippen LogP contribution >= 0.6 is 0 Å². The zero-order valence-corrected chi connectivity index (χ0v) is 9.40. The second kappa shape index (κ2) is 4.40. The van der Waals surface area contributed by atoms with Gasteiger partial charge in [-0.05, 0) is 43.0 Å². The molecular weight excluding hydrogens is 196 g/mol. The monoisotopic (exact) mass is 211 g/mol. The summed E-state index contributed by atoms with van der Waals surface area (Å²) in [6.07, 6.45) is 0.771. The molecule has 0 spiro atoms. The smallest absolute Gasteiger partial charge is 0.123 e. The van der Waals surface area contributed by atoms with Crippen molar-refractivity contribution in [3.63, 3.8) is 0 Å². The summed E-state index contributed by atoms with van der Waals surface area (Å²) in [6.45, 7) is 5.98. The lowest BCUT2D eigenvalue weighted by molar-refractivity contribution is 0.477. The molecule has 1 nitrogen and oxygen atoms in total. The molecule has 0 fully saturated rings. The van der Waals surface area contributed by atoms with Gasteiger partial charge in [0, 0.05) is 5.56 Å². The Balaban J connectivity index is 2.61. The Kier molecular flexibility index (Phi) is 2.95. The number of phenols is 1. The summed E-state index contributed by atoms with van der Waals surface area (Å²) in [5.74, 6) is 0.326. The van der Waals surface area contributed by atoms with Crippen LogP contribution in [-0.2, 0) is 6.42 Å². The van der Waals surface area contributed by atoms with E-state index >= 15 is 0 Å². The molecule has 0 heterocycles. The number of phenolic OH excluding ortho intramolecular Hbond substituents is 1. The fourth-order valence-electron chi connectivity index (χ4n) is 1.95. The Hall–Kier alpha value is -1.76. The third kappa shape index (κ3) is 1.81. The average molecular weight is 211 g/mol. The lowest BCUT2D eigenvalue weighted by Crippen LogP contribution is -1.90. The van der Waals surface area contributed by atoms with Crippen molar-refractivity contribution in [1.29, 1.82) is 0 Å². The summed E-state index contributed by atoms with van der Waals surface area (Å²) in [4.78, 5) is 0. The van der Waals surface area contributed by atoms with Crippen LogP contribution in [0.25, 0.3) is 11.1 Å². The van der Waals surface area contributed by atoms with Crippen LogP contribution in [0, 0.1) is 13.8 Å². The summed E-state index contributed by atoms with van der Waals surface area (Å²) in [5, 5.41) is 9.84. The van der Waals surface area contributed by atoms with Gasteiger partial charge >= 0.3 is 0 Å². The highest BCUT2D eigenvalue weighted by Crippen LogP contribution is 2.32. The molecule has 2 aromatic rings. The van der Waals surface area contributed by atoms with Crippen molar-refractivity contribution in [1.82, 2.24) is 0 Å². The van der Waals surface area contributed by atoms with E-state index in [0.29, 0.717) is 5.75 Å². The molecule has 1 radical (unpaired) electrons. The topological polar surface area (TPSA) is 20.2 Å². The molecule has 0 bridgehead atoms. The van der Waals surface area contributed by atoms with Gasteiger partial charge in [0.05, 0.1) is 0 Å². The number of hydrogen-bond donors (Lipinski definition) is 1. The highest BCUT2D eigenvalue weighted by atomic mass is 16.3. The minimum Gasteiger partial charge on any atom is -0.507 e. The van der Waals surface area contributed by atoms with E-state index in [1.54, 1.807) is 6.07 Å². The molecule has 81 valence electrons. The second-order valence-corrected chi connectivity index (χ2v) is 3.86. The Labute approximate surface area is 96.4 Å². The molecule has 0 aliphatic heterocycles. The van der Waals surface area contributed by atoms with Gasteiger partial charge in [-0.3, -0.25) is 0 Å². The highest BCUT2D eigenvalue weighted by molar-refractivity contribution is 5.73. The third-order valence-corrected chi connectivity index (χ3v) is 2.91. The van der Waals surface area contributed by atoms with E-state index in [9.17, 15) is 5.11 Å². The van der Waals surface area contributed by atoms with Crippen molar-refractivity contribution in [2.45, 2.75) is 13.3 Å². The minimum atomic E-state index is 0.326. The van der Waals surface area contributed by atoms with Gasteiger partial charge < -0.3 is 5.11 Å². The van der Waals surface area contributed by atoms with Crippen molar-refractivity contribution in [3.8, 4) is 16.9 Å². The third-order valence-electron chi connectivity index (χ3n) is 2.91.